The van der Waals surface area contributed by atoms with Gasteiger partial charge >= 0.3 is 0 Å². The normalized spacial score (nSPS) is 10.3. The largest absolute Gasteiger partial charge is 0.493 e. The zero-order valence-electron chi connectivity index (χ0n) is 11.3. The lowest BCUT2D eigenvalue weighted by Crippen LogP contribution is -2.13. The van der Waals surface area contributed by atoms with E-state index in [1.807, 2.05) is 12.1 Å². The lowest BCUT2D eigenvalue weighted by molar-refractivity contribution is 0.305. The fourth-order valence-corrected chi connectivity index (χ4v) is 2.09. The van der Waals surface area contributed by atoms with Gasteiger partial charge in [0.05, 0.1) is 17.3 Å². The third-order valence-electron chi connectivity index (χ3n) is 2.75. The number of rotatable bonds is 6. The number of nitrogens with one attached hydrogen (secondary N) is 1. The van der Waals surface area contributed by atoms with Crippen LogP contribution < -0.4 is 14.8 Å². The molecule has 2 rings (SSSR count). The predicted molar refractivity (Wildman–Crippen MR) is 81.0 cm³/mol. The van der Waals surface area contributed by atoms with Crippen molar-refractivity contribution >= 4 is 21.6 Å². The summed E-state index contributed by atoms with van der Waals surface area (Å²) in [6.07, 6.45) is 0. The average Bonchev–Trinajstić information content (AvgIpc) is 2.49. The quantitative estimate of drug-likeness (QED) is 0.619. The van der Waals surface area contributed by atoms with E-state index in [2.05, 4.69) is 21.2 Å². The van der Waals surface area contributed by atoms with Gasteiger partial charge in [-0.05, 0) is 34.1 Å². The van der Waals surface area contributed by atoms with E-state index in [0.717, 1.165) is 6.07 Å². The summed E-state index contributed by atoms with van der Waals surface area (Å²) in [5.41, 5.74) is 0.215. The third-order valence-corrected chi connectivity index (χ3v) is 3.36. The Hall–Kier alpha value is -1.82. The summed E-state index contributed by atoms with van der Waals surface area (Å²) in [5.74, 6) is -0.0351. The molecule has 2 aromatic rings. The van der Waals surface area contributed by atoms with E-state index < -0.39 is 11.6 Å². The van der Waals surface area contributed by atoms with Crippen molar-refractivity contribution in [3.05, 3.63) is 52.5 Å². The van der Waals surface area contributed by atoms with E-state index in [-0.39, 0.29) is 10.2 Å². The zero-order valence-corrected chi connectivity index (χ0v) is 12.9. The fourth-order valence-electron chi connectivity index (χ4n) is 1.74. The predicted octanol–water partition coefficient (Wildman–Crippen LogP) is 4.23. The second-order valence-electron chi connectivity index (χ2n) is 4.17. The molecule has 0 saturated carbocycles. The molecule has 0 aliphatic carbocycles. The number of ether oxygens (including phenoxy) is 2. The minimum atomic E-state index is -0.645. The Balaban J connectivity index is 1.89. The molecule has 0 atom stereocenters. The Morgan fingerprint density at radius 2 is 1.81 bits per heavy atom. The highest BCUT2D eigenvalue weighted by Gasteiger charge is 2.08. The number of benzene rings is 2. The van der Waals surface area contributed by atoms with Crippen LogP contribution in [0.3, 0.4) is 0 Å². The van der Waals surface area contributed by atoms with E-state index >= 15 is 0 Å². The number of methoxy groups -OCH3 is 1. The van der Waals surface area contributed by atoms with Gasteiger partial charge in [-0.25, -0.2) is 8.78 Å². The van der Waals surface area contributed by atoms with Gasteiger partial charge in [0, 0.05) is 12.6 Å². The number of hydrogen-bond donors (Lipinski definition) is 1. The van der Waals surface area contributed by atoms with Crippen molar-refractivity contribution in [2.24, 2.45) is 0 Å². The Labute approximate surface area is 130 Å². The number of halogens is 3. The number of hydrogen-bond acceptors (Lipinski definition) is 3. The highest BCUT2D eigenvalue weighted by Crippen LogP contribution is 2.26. The maximum atomic E-state index is 13.5. The van der Waals surface area contributed by atoms with Crippen LogP contribution in [0.5, 0.6) is 11.5 Å². The zero-order chi connectivity index (χ0) is 15.2. The number of anilines is 1. The summed E-state index contributed by atoms with van der Waals surface area (Å²) in [5, 5.41) is 2.85. The Morgan fingerprint density at radius 1 is 1.10 bits per heavy atom. The molecule has 112 valence electrons. The lowest BCUT2D eigenvalue weighted by Gasteiger charge is -2.12. The van der Waals surface area contributed by atoms with E-state index in [1.54, 1.807) is 19.2 Å². The summed E-state index contributed by atoms with van der Waals surface area (Å²) in [7, 11) is 1.56. The maximum Gasteiger partial charge on any atom is 0.161 e. The van der Waals surface area contributed by atoms with Crippen LogP contribution in [0, 0.1) is 11.6 Å². The topological polar surface area (TPSA) is 30.5 Å². The lowest BCUT2D eigenvalue weighted by atomic mass is 10.3. The molecule has 0 spiro atoms. The van der Waals surface area contributed by atoms with Gasteiger partial charge in [0.15, 0.2) is 11.5 Å². The minimum absolute atomic E-state index is 0.206. The molecule has 2 aromatic carbocycles. The van der Waals surface area contributed by atoms with Crippen molar-refractivity contribution in [2.45, 2.75) is 0 Å². The second-order valence-corrected chi connectivity index (χ2v) is 5.03. The molecule has 6 heteroatoms. The molecule has 0 aromatic heterocycles. The molecule has 0 saturated heterocycles. The van der Waals surface area contributed by atoms with Crippen LogP contribution in [0.15, 0.2) is 40.9 Å². The molecule has 0 heterocycles. The average molecular weight is 358 g/mol. The van der Waals surface area contributed by atoms with E-state index in [1.165, 1.54) is 6.07 Å². The van der Waals surface area contributed by atoms with Gasteiger partial charge < -0.3 is 14.8 Å². The standard InChI is InChI=1S/C15H14BrF2NO2/c1-20-14-4-2-3-5-15(14)21-7-6-19-13-8-10(16)11(17)9-12(13)18/h2-5,8-9,19H,6-7H2,1H3. The van der Waals surface area contributed by atoms with Crippen LogP contribution in [-0.4, -0.2) is 20.3 Å². The van der Waals surface area contributed by atoms with Gasteiger partial charge in [-0.15, -0.1) is 0 Å². The molecular weight excluding hydrogens is 344 g/mol. The molecule has 0 aliphatic heterocycles. The first-order valence-corrected chi connectivity index (χ1v) is 7.05. The molecule has 21 heavy (non-hydrogen) atoms. The molecule has 3 nitrogen and oxygen atoms in total. The first-order chi connectivity index (χ1) is 10.1. The highest BCUT2D eigenvalue weighted by molar-refractivity contribution is 9.10. The van der Waals surface area contributed by atoms with Crippen LogP contribution in [0.4, 0.5) is 14.5 Å². The fraction of sp³-hybridized carbons (Fsp3) is 0.200. The summed E-state index contributed by atoms with van der Waals surface area (Å²) >= 11 is 3.02. The van der Waals surface area contributed by atoms with Crippen LogP contribution in [0.25, 0.3) is 0 Å². The van der Waals surface area contributed by atoms with Crippen molar-refractivity contribution in [2.75, 3.05) is 25.6 Å². The van der Waals surface area contributed by atoms with Crippen molar-refractivity contribution in [3.8, 4) is 11.5 Å². The molecule has 0 aliphatic rings. The molecule has 0 unspecified atom stereocenters. The minimum Gasteiger partial charge on any atom is -0.493 e. The smallest absolute Gasteiger partial charge is 0.161 e. The van der Waals surface area contributed by atoms with Crippen LogP contribution in [0.2, 0.25) is 0 Å². The van der Waals surface area contributed by atoms with Crippen molar-refractivity contribution in [1.82, 2.24) is 0 Å². The van der Waals surface area contributed by atoms with Gasteiger partial charge in [-0.3, -0.25) is 0 Å². The molecule has 0 bridgehead atoms. The van der Waals surface area contributed by atoms with E-state index in [4.69, 9.17) is 9.47 Å². The van der Waals surface area contributed by atoms with Gasteiger partial charge in [-0.1, -0.05) is 12.1 Å². The van der Waals surface area contributed by atoms with Crippen molar-refractivity contribution < 1.29 is 18.3 Å². The monoisotopic (exact) mass is 357 g/mol. The van der Waals surface area contributed by atoms with Crippen molar-refractivity contribution in [3.63, 3.8) is 0 Å². The molecule has 0 fully saturated rings. The van der Waals surface area contributed by atoms with Crippen LogP contribution in [0.1, 0.15) is 0 Å². The van der Waals surface area contributed by atoms with Crippen molar-refractivity contribution in [1.29, 1.82) is 0 Å². The van der Waals surface area contributed by atoms with Gasteiger partial charge in [-0.2, -0.15) is 0 Å². The summed E-state index contributed by atoms with van der Waals surface area (Å²) in [4.78, 5) is 0. The Kier molecular flexibility index (Phi) is 5.38. The molecule has 0 amide bonds. The molecular formula is C15H14BrF2NO2. The van der Waals surface area contributed by atoms with E-state index in [9.17, 15) is 8.78 Å². The summed E-state index contributed by atoms with van der Waals surface area (Å²) in [6, 6.07) is 9.44. The highest BCUT2D eigenvalue weighted by atomic mass is 79.9. The van der Waals surface area contributed by atoms with Crippen LogP contribution >= 0.6 is 15.9 Å². The summed E-state index contributed by atoms with van der Waals surface area (Å²) < 4.78 is 37.5. The third kappa shape index (κ3) is 4.07. The Bertz CT molecular complexity index is 623. The van der Waals surface area contributed by atoms with Gasteiger partial charge in [0.2, 0.25) is 0 Å². The first-order valence-electron chi connectivity index (χ1n) is 6.26. The van der Waals surface area contributed by atoms with Gasteiger partial charge in [0.25, 0.3) is 0 Å². The second kappa shape index (κ2) is 7.26. The molecule has 1 N–H and O–H groups in total. The number of para-hydroxylation sites is 2. The first kappa shape index (κ1) is 15.6. The Morgan fingerprint density at radius 3 is 2.52 bits per heavy atom. The van der Waals surface area contributed by atoms with E-state index in [0.29, 0.717) is 24.7 Å². The summed E-state index contributed by atoms with van der Waals surface area (Å²) in [6.45, 7) is 0.682. The van der Waals surface area contributed by atoms with Gasteiger partial charge in [0.1, 0.15) is 18.2 Å². The van der Waals surface area contributed by atoms with Crippen LogP contribution in [-0.2, 0) is 0 Å². The SMILES string of the molecule is COc1ccccc1OCCNc1cc(Br)c(F)cc1F. The maximum absolute atomic E-state index is 13.5. The molecule has 0 radical (unpaired) electrons.